The van der Waals surface area contributed by atoms with E-state index in [9.17, 15) is 28.8 Å². The number of amides is 2. The maximum Gasteiger partial charge on any atom is 0.341 e. The second kappa shape index (κ2) is 24.8. The summed E-state index contributed by atoms with van der Waals surface area (Å²) in [4.78, 5) is 68.6. The minimum atomic E-state index is -1.00. The maximum absolute atomic E-state index is 11.8. The second-order valence-electron chi connectivity index (χ2n) is 15.0. The first-order valence-electron chi connectivity index (χ1n) is 20.6. The summed E-state index contributed by atoms with van der Waals surface area (Å²) in [6.45, 7) is 13.7. The number of aldehydes is 2. The minimum Gasteiger partial charge on any atom is -0.478 e. The molecule has 0 aliphatic carbocycles. The van der Waals surface area contributed by atoms with Crippen LogP contribution >= 0.6 is 0 Å². The molecule has 3 aliphatic heterocycles. The molecule has 0 atom stereocenters. The lowest BCUT2D eigenvalue weighted by atomic mass is 10.2. The van der Waals surface area contributed by atoms with Gasteiger partial charge in [-0.3, -0.25) is 19.2 Å². The molecule has 0 bridgehead atoms. The van der Waals surface area contributed by atoms with Gasteiger partial charge in [0.1, 0.15) is 39.9 Å². The number of aryl methyl sites for hydroxylation is 6. The van der Waals surface area contributed by atoms with Crippen molar-refractivity contribution in [2.75, 3.05) is 74.9 Å². The number of hydrogen-bond donors (Lipinski definition) is 1. The van der Waals surface area contributed by atoms with E-state index < -0.39 is 30.8 Å². The van der Waals surface area contributed by atoms with Crippen LogP contribution in [0, 0.1) is 41.5 Å². The molecule has 2 amide bonds. The van der Waals surface area contributed by atoms with Gasteiger partial charge in [-0.05, 0) is 71.4 Å². The van der Waals surface area contributed by atoms with Crippen LogP contribution in [0.4, 0.5) is 0 Å². The van der Waals surface area contributed by atoms with E-state index in [1.807, 2.05) is 13.8 Å². The highest BCUT2D eigenvalue weighted by atomic mass is 16.7. The molecule has 8 rings (SSSR count). The van der Waals surface area contributed by atoms with Crippen LogP contribution in [0.25, 0.3) is 0 Å². The van der Waals surface area contributed by atoms with Gasteiger partial charge in [0, 0.05) is 34.3 Å². The molecular formula is C46H56N2O19. The molecular weight excluding hydrogens is 885 g/mol. The highest BCUT2D eigenvalue weighted by Gasteiger charge is 2.28. The monoisotopic (exact) mass is 940 g/mol. The molecule has 21 heteroatoms. The second-order valence-corrected chi connectivity index (χ2v) is 15.0. The maximum atomic E-state index is 11.8. The van der Waals surface area contributed by atoms with Gasteiger partial charge in [-0.15, -0.1) is 0 Å². The van der Waals surface area contributed by atoms with Gasteiger partial charge in [0.05, 0.1) is 57.9 Å². The zero-order valence-electron chi connectivity index (χ0n) is 39.2. The Balaban J connectivity index is 0.000000185. The van der Waals surface area contributed by atoms with Gasteiger partial charge in [-0.2, -0.15) is 0 Å². The highest BCUT2D eigenvalue weighted by molar-refractivity contribution is 5.96. The normalized spacial score (nSPS) is 14.6. The van der Waals surface area contributed by atoms with Gasteiger partial charge in [-0.1, -0.05) is 0 Å². The van der Waals surface area contributed by atoms with Crippen molar-refractivity contribution in [1.82, 2.24) is 9.80 Å². The summed E-state index contributed by atoms with van der Waals surface area (Å²) in [6, 6.07) is 7.89. The SMILES string of the molecule is COC(=O)c1cc(C2OCCO2)oc1C.Cc1cc(C=O)oc1C.Cc1oc(C2OCCO2)cc1C(=O)N(C)C.Cc1oc(C2OCCO2)cc1C(=O)O.Cc1oc(C=O)cc1C(=O)N(C)C. The van der Waals surface area contributed by atoms with Crippen LogP contribution in [0.15, 0.2) is 52.4 Å². The number of carbonyl (C=O) groups is 6. The number of esters is 1. The summed E-state index contributed by atoms with van der Waals surface area (Å²) in [5.74, 6) is 3.17. The van der Waals surface area contributed by atoms with Crippen LogP contribution in [-0.2, 0) is 33.2 Å². The third kappa shape index (κ3) is 14.4. The van der Waals surface area contributed by atoms with Crippen molar-refractivity contribution in [3.8, 4) is 0 Å². The average Bonchev–Trinajstić information content (AvgIpc) is 4.15. The molecule has 0 unspecified atom stereocenters. The Morgan fingerprint density at radius 2 is 0.836 bits per heavy atom. The Morgan fingerprint density at radius 3 is 1.15 bits per heavy atom. The van der Waals surface area contributed by atoms with Gasteiger partial charge >= 0.3 is 11.9 Å². The predicted molar refractivity (Wildman–Crippen MR) is 231 cm³/mol. The van der Waals surface area contributed by atoms with E-state index in [1.54, 1.807) is 74.1 Å². The standard InChI is InChI=1S/C11H15NO4.C10H12O5.C9H11NO3.C9H10O5.C7H8O2/c1-7-8(10(13)12(2)3)6-9(16-7)11-14-4-5-15-11;1-6-7(9(11)12-2)5-8(15-6)10-13-3-4-14-10;1-6-8(9(12)10(2)3)4-7(5-11)13-6;1-5-6(8(10)11)4-7(14-5)9-12-2-3-13-9;1-5-3-7(4-8)9-6(5)2/h6,11H,4-5H2,1-3H3;5,10H,3-4H2,1-2H3;4-5H,1-3H3;4,9H,2-3H2,1H3,(H,10,11);3-4H,1-2H3. The molecule has 8 heterocycles. The van der Waals surface area contributed by atoms with Crippen molar-refractivity contribution in [2.45, 2.75) is 60.4 Å². The molecule has 1 N–H and O–H groups in total. The number of ether oxygens (including phenoxy) is 7. The summed E-state index contributed by atoms with van der Waals surface area (Å²) in [5, 5.41) is 8.78. The van der Waals surface area contributed by atoms with Crippen molar-refractivity contribution in [2.24, 2.45) is 0 Å². The van der Waals surface area contributed by atoms with Crippen LogP contribution in [0.3, 0.4) is 0 Å². The number of aromatic carboxylic acids is 1. The number of hydrogen-bond acceptors (Lipinski definition) is 18. The zero-order valence-corrected chi connectivity index (χ0v) is 39.2. The fourth-order valence-corrected chi connectivity index (χ4v) is 6.09. The lowest BCUT2D eigenvalue weighted by molar-refractivity contribution is -0.0593. The van der Waals surface area contributed by atoms with Crippen molar-refractivity contribution in [3.63, 3.8) is 0 Å². The third-order valence-electron chi connectivity index (χ3n) is 9.64. The average molecular weight is 941 g/mol. The summed E-state index contributed by atoms with van der Waals surface area (Å²) < 4.78 is 62.2. The van der Waals surface area contributed by atoms with Crippen molar-refractivity contribution in [3.05, 3.63) is 116 Å². The van der Waals surface area contributed by atoms with Crippen molar-refractivity contribution < 1.29 is 89.1 Å². The number of nitrogens with zero attached hydrogens (tertiary/aromatic N) is 2. The van der Waals surface area contributed by atoms with Crippen LogP contribution in [0.5, 0.6) is 0 Å². The number of methoxy groups -OCH3 is 1. The van der Waals surface area contributed by atoms with Crippen LogP contribution in [0.2, 0.25) is 0 Å². The Kier molecular flexibility index (Phi) is 19.6. The van der Waals surface area contributed by atoms with E-state index >= 15 is 0 Å². The van der Waals surface area contributed by atoms with E-state index in [-0.39, 0.29) is 23.1 Å². The first kappa shape index (κ1) is 53.0. The minimum absolute atomic E-state index is 0.0782. The fourth-order valence-electron chi connectivity index (χ4n) is 6.09. The number of rotatable bonds is 9. The van der Waals surface area contributed by atoms with Crippen LogP contribution in [-0.4, -0.2) is 126 Å². The molecule has 3 aliphatic rings. The molecule has 0 radical (unpaired) electrons. The Hall–Kier alpha value is -6.62. The molecule has 0 spiro atoms. The Bertz CT molecular complexity index is 2420. The van der Waals surface area contributed by atoms with Gasteiger partial charge in [0.15, 0.2) is 41.4 Å². The lowest BCUT2D eigenvalue weighted by Crippen LogP contribution is -2.21. The molecule has 0 aromatic carbocycles. The quantitative estimate of drug-likeness (QED) is 0.116. The summed E-state index contributed by atoms with van der Waals surface area (Å²) in [7, 11) is 8.04. The Morgan fingerprint density at radius 1 is 0.507 bits per heavy atom. The topological polar surface area (TPSA) is 259 Å². The smallest absolute Gasteiger partial charge is 0.341 e. The molecule has 21 nitrogen and oxygen atoms in total. The first-order valence-corrected chi connectivity index (χ1v) is 20.6. The van der Waals surface area contributed by atoms with Gasteiger partial charge in [0.2, 0.25) is 18.9 Å². The molecule has 364 valence electrons. The van der Waals surface area contributed by atoms with Gasteiger partial charge in [-0.25, -0.2) is 9.59 Å². The van der Waals surface area contributed by atoms with Crippen LogP contribution < -0.4 is 0 Å². The van der Waals surface area contributed by atoms with E-state index in [1.165, 1.54) is 29.0 Å². The summed E-state index contributed by atoms with van der Waals surface area (Å²) >= 11 is 0. The highest BCUT2D eigenvalue weighted by Crippen LogP contribution is 2.30. The molecule has 3 saturated heterocycles. The van der Waals surface area contributed by atoms with E-state index in [4.69, 9.17) is 55.6 Å². The molecule has 5 aromatic rings. The zero-order chi connectivity index (χ0) is 49.5. The van der Waals surface area contributed by atoms with E-state index in [2.05, 4.69) is 4.74 Å². The van der Waals surface area contributed by atoms with Gasteiger partial charge < -0.3 is 70.2 Å². The van der Waals surface area contributed by atoms with Crippen molar-refractivity contribution in [1.29, 1.82) is 0 Å². The number of carbonyl (C=O) groups excluding carboxylic acids is 5. The first-order chi connectivity index (χ1) is 31.8. The fraction of sp³-hybridized carbons (Fsp3) is 0.435. The third-order valence-corrected chi connectivity index (χ3v) is 9.64. The largest absolute Gasteiger partial charge is 0.478 e. The molecule has 0 saturated carbocycles. The van der Waals surface area contributed by atoms with Crippen LogP contribution in [0.1, 0.15) is 133 Å². The summed E-state index contributed by atoms with van der Waals surface area (Å²) in [6.07, 6.45) is -0.231. The number of carboxylic acids is 1. The molecule has 5 aromatic heterocycles. The van der Waals surface area contributed by atoms with Crippen molar-refractivity contribution >= 4 is 36.3 Å². The lowest BCUT2D eigenvalue weighted by Gasteiger charge is -2.08. The molecule has 67 heavy (non-hydrogen) atoms. The number of carboxylic acid groups (broad SMARTS) is 1. The van der Waals surface area contributed by atoms with E-state index in [0.29, 0.717) is 115 Å². The number of furan rings is 5. The predicted octanol–water partition coefficient (Wildman–Crippen LogP) is 6.90. The van der Waals surface area contributed by atoms with E-state index in [0.717, 1.165) is 11.3 Å². The molecule has 3 fully saturated rings. The van der Waals surface area contributed by atoms with Gasteiger partial charge in [0.25, 0.3) is 11.8 Å². The Labute approximate surface area is 385 Å². The summed E-state index contributed by atoms with van der Waals surface area (Å²) in [5.41, 5.74) is 2.58.